The summed E-state index contributed by atoms with van der Waals surface area (Å²) in [5.41, 5.74) is 5.96. The first-order chi connectivity index (χ1) is 8.32. The molecule has 98 valence electrons. The van der Waals surface area contributed by atoms with Crippen LogP contribution in [0.5, 0.6) is 0 Å². The Morgan fingerprint density at radius 1 is 1.39 bits per heavy atom. The molecule has 0 unspecified atom stereocenters. The number of carbonyl (C=O) groups is 2. The van der Waals surface area contributed by atoms with Crippen LogP contribution in [0.3, 0.4) is 0 Å². The van der Waals surface area contributed by atoms with Crippen molar-refractivity contribution in [2.45, 2.75) is 0 Å². The Hall–Kier alpha value is -2.31. The van der Waals surface area contributed by atoms with E-state index in [0.29, 0.717) is 5.82 Å². The van der Waals surface area contributed by atoms with Crippen LogP contribution in [0.1, 0.15) is 10.4 Å². The summed E-state index contributed by atoms with van der Waals surface area (Å²) in [4.78, 5) is 29.3. The second-order valence-electron chi connectivity index (χ2n) is 4.09. The van der Waals surface area contributed by atoms with Gasteiger partial charge >= 0.3 is 5.97 Å². The zero-order valence-corrected chi connectivity index (χ0v) is 10.5. The fraction of sp³-hybridized carbons (Fsp3) is 0.364. The number of hydrogen-bond donors (Lipinski definition) is 2. The Morgan fingerprint density at radius 2 is 2.00 bits per heavy atom. The molecule has 0 spiro atoms. The van der Waals surface area contributed by atoms with E-state index in [0.717, 1.165) is 0 Å². The molecule has 0 aliphatic rings. The lowest BCUT2D eigenvalue weighted by atomic mass is 10.2. The van der Waals surface area contributed by atoms with Crippen LogP contribution in [0.25, 0.3) is 0 Å². The van der Waals surface area contributed by atoms with Crippen LogP contribution in [-0.2, 0) is 4.79 Å². The third-order valence-corrected chi connectivity index (χ3v) is 2.37. The molecule has 0 saturated heterocycles. The summed E-state index contributed by atoms with van der Waals surface area (Å²) < 4.78 is 0. The number of aromatic nitrogens is 1. The van der Waals surface area contributed by atoms with Crippen LogP contribution < -0.4 is 10.6 Å². The number of nitrogens with two attached hydrogens (primary N) is 1. The van der Waals surface area contributed by atoms with Gasteiger partial charge in [-0.1, -0.05) is 0 Å². The van der Waals surface area contributed by atoms with E-state index < -0.39 is 5.97 Å². The van der Waals surface area contributed by atoms with Gasteiger partial charge in [0.25, 0.3) is 0 Å². The Bertz CT molecular complexity index is 473. The van der Waals surface area contributed by atoms with Crippen LogP contribution in [0.4, 0.5) is 11.5 Å². The average molecular weight is 252 g/mol. The van der Waals surface area contributed by atoms with Gasteiger partial charge in [-0.2, -0.15) is 0 Å². The maximum atomic E-state index is 11.5. The predicted octanol–water partition coefficient (Wildman–Crippen LogP) is -0.114. The van der Waals surface area contributed by atoms with E-state index >= 15 is 0 Å². The molecule has 3 N–H and O–H groups in total. The fourth-order valence-electron chi connectivity index (χ4n) is 1.33. The number of aromatic carboxylic acids is 1. The summed E-state index contributed by atoms with van der Waals surface area (Å²) in [6.45, 7) is 0.122. The van der Waals surface area contributed by atoms with Crippen molar-refractivity contribution in [1.82, 2.24) is 9.88 Å². The van der Waals surface area contributed by atoms with Crippen LogP contribution in [0.2, 0.25) is 0 Å². The van der Waals surface area contributed by atoms with Crippen molar-refractivity contribution in [3.8, 4) is 0 Å². The van der Waals surface area contributed by atoms with Crippen molar-refractivity contribution in [3.05, 3.63) is 17.8 Å². The summed E-state index contributed by atoms with van der Waals surface area (Å²) in [5.74, 6) is -0.802. The summed E-state index contributed by atoms with van der Waals surface area (Å²) in [6.07, 6.45) is 1.21. The molecule has 0 saturated carbocycles. The molecule has 0 fully saturated rings. The van der Waals surface area contributed by atoms with E-state index in [9.17, 15) is 9.59 Å². The van der Waals surface area contributed by atoms with E-state index in [1.165, 1.54) is 17.2 Å². The van der Waals surface area contributed by atoms with Gasteiger partial charge in [0.2, 0.25) is 5.91 Å². The number of nitrogen functional groups attached to an aromatic ring is 1. The second kappa shape index (κ2) is 5.35. The number of anilines is 2. The third kappa shape index (κ3) is 3.09. The largest absolute Gasteiger partial charge is 0.478 e. The molecule has 7 heteroatoms. The number of carbonyl (C=O) groups excluding carboxylic acids is 1. The standard InChI is InChI=1S/C11H16N4O3/c1-14(2)9(16)6-15(3)10-8(12)4-7(5-13-10)11(17)18/h4-5H,6,12H2,1-3H3,(H,17,18). The smallest absolute Gasteiger partial charge is 0.337 e. The monoisotopic (exact) mass is 252 g/mol. The van der Waals surface area contributed by atoms with Crippen molar-refractivity contribution in [2.24, 2.45) is 0 Å². The number of amides is 1. The fourth-order valence-corrected chi connectivity index (χ4v) is 1.33. The van der Waals surface area contributed by atoms with Crippen LogP contribution in [0, 0.1) is 0 Å². The minimum absolute atomic E-state index is 0.0172. The maximum Gasteiger partial charge on any atom is 0.337 e. The molecular formula is C11H16N4O3. The minimum Gasteiger partial charge on any atom is -0.478 e. The van der Waals surface area contributed by atoms with Gasteiger partial charge in [-0.3, -0.25) is 4.79 Å². The molecule has 1 aromatic heterocycles. The lowest BCUT2D eigenvalue weighted by molar-refractivity contribution is -0.127. The van der Waals surface area contributed by atoms with E-state index in [-0.39, 0.29) is 23.7 Å². The molecule has 7 nitrogen and oxygen atoms in total. The average Bonchev–Trinajstić information content (AvgIpc) is 2.28. The number of carboxylic acid groups (broad SMARTS) is 1. The molecule has 0 radical (unpaired) electrons. The van der Waals surface area contributed by atoms with Crippen LogP contribution in [-0.4, -0.2) is 54.6 Å². The Morgan fingerprint density at radius 3 is 2.44 bits per heavy atom. The molecule has 0 aromatic carbocycles. The summed E-state index contributed by atoms with van der Waals surface area (Å²) in [5, 5.41) is 8.79. The molecular weight excluding hydrogens is 236 g/mol. The zero-order valence-electron chi connectivity index (χ0n) is 10.5. The summed E-state index contributed by atoms with van der Waals surface area (Å²) in [6, 6.07) is 1.32. The summed E-state index contributed by atoms with van der Waals surface area (Å²) in [7, 11) is 4.97. The molecule has 0 bridgehead atoms. The summed E-state index contributed by atoms with van der Waals surface area (Å²) >= 11 is 0. The number of pyridine rings is 1. The number of nitrogens with zero attached hydrogens (tertiary/aromatic N) is 3. The van der Waals surface area contributed by atoms with E-state index in [2.05, 4.69) is 4.98 Å². The molecule has 18 heavy (non-hydrogen) atoms. The zero-order chi connectivity index (χ0) is 13.9. The van der Waals surface area contributed by atoms with Gasteiger partial charge in [-0.05, 0) is 6.07 Å². The first-order valence-electron chi connectivity index (χ1n) is 5.23. The first-order valence-corrected chi connectivity index (χ1v) is 5.23. The Labute approximate surface area is 105 Å². The van der Waals surface area contributed by atoms with Crippen molar-refractivity contribution in [1.29, 1.82) is 0 Å². The van der Waals surface area contributed by atoms with Crippen LogP contribution >= 0.6 is 0 Å². The number of hydrogen-bond acceptors (Lipinski definition) is 5. The third-order valence-electron chi connectivity index (χ3n) is 2.37. The number of carboxylic acids is 1. The molecule has 1 aromatic rings. The Balaban J connectivity index is 2.90. The highest BCUT2D eigenvalue weighted by molar-refractivity contribution is 5.89. The lowest BCUT2D eigenvalue weighted by Crippen LogP contribution is -2.35. The highest BCUT2D eigenvalue weighted by Gasteiger charge is 2.14. The Kier molecular flexibility index (Phi) is 4.09. The highest BCUT2D eigenvalue weighted by atomic mass is 16.4. The van der Waals surface area contributed by atoms with Crippen LogP contribution in [0.15, 0.2) is 12.3 Å². The van der Waals surface area contributed by atoms with Crippen molar-refractivity contribution in [3.63, 3.8) is 0 Å². The van der Waals surface area contributed by atoms with Crippen molar-refractivity contribution >= 4 is 23.4 Å². The number of likely N-dealkylation sites (N-methyl/N-ethyl adjacent to an activating group) is 2. The molecule has 1 amide bonds. The second-order valence-corrected chi connectivity index (χ2v) is 4.09. The molecule has 0 atom stereocenters. The lowest BCUT2D eigenvalue weighted by Gasteiger charge is -2.21. The maximum absolute atomic E-state index is 11.5. The predicted molar refractivity (Wildman–Crippen MR) is 67.6 cm³/mol. The topological polar surface area (TPSA) is 99.8 Å². The normalized spacial score (nSPS) is 9.94. The quantitative estimate of drug-likeness (QED) is 0.775. The van der Waals surface area contributed by atoms with Gasteiger partial charge in [-0.15, -0.1) is 0 Å². The molecule has 1 rings (SSSR count). The first kappa shape index (κ1) is 13.8. The van der Waals surface area contributed by atoms with Gasteiger partial charge < -0.3 is 20.6 Å². The number of rotatable bonds is 4. The van der Waals surface area contributed by atoms with Crippen molar-refractivity contribution in [2.75, 3.05) is 38.3 Å². The van der Waals surface area contributed by atoms with E-state index in [4.69, 9.17) is 10.8 Å². The molecule has 0 aliphatic carbocycles. The molecule has 1 heterocycles. The molecule has 0 aliphatic heterocycles. The van der Waals surface area contributed by atoms with Gasteiger partial charge in [-0.25, -0.2) is 9.78 Å². The van der Waals surface area contributed by atoms with E-state index in [1.54, 1.807) is 26.0 Å². The van der Waals surface area contributed by atoms with E-state index in [1.807, 2.05) is 0 Å². The minimum atomic E-state index is -1.09. The van der Waals surface area contributed by atoms with Gasteiger partial charge in [0.15, 0.2) is 5.82 Å². The SMILES string of the molecule is CN(C)C(=O)CN(C)c1ncc(C(=O)O)cc1N. The highest BCUT2D eigenvalue weighted by Crippen LogP contribution is 2.19. The van der Waals surface area contributed by atoms with Crippen molar-refractivity contribution < 1.29 is 14.7 Å². The van der Waals surface area contributed by atoms with Gasteiger partial charge in [0.1, 0.15) is 0 Å². The van der Waals surface area contributed by atoms with Gasteiger partial charge in [0.05, 0.1) is 17.8 Å². The van der Waals surface area contributed by atoms with Gasteiger partial charge in [0, 0.05) is 27.3 Å².